The fourth-order valence-electron chi connectivity index (χ4n) is 5.48. The quantitative estimate of drug-likeness (QED) is 0.340. The number of fused-ring (bicyclic) bond motifs is 3. The Morgan fingerprint density at radius 1 is 1.12 bits per heavy atom. The van der Waals surface area contributed by atoms with Crippen LogP contribution in [0.15, 0.2) is 47.6 Å². The van der Waals surface area contributed by atoms with Crippen LogP contribution in [0.3, 0.4) is 0 Å². The average Bonchev–Trinajstić information content (AvgIpc) is 3.58. The van der Waals surface area contributed by atoms with Crippen LogP contribution in [-0.4, -0.2) is 62.9 Å². The van der Waals surface area contributed by atoms with Crippen molar-refractivity contribution in [1.29, 1.82) is 0 Å². The van der Waals surface area contributed by atoms with Crippen LogP contribution in [0, 0.1) is 12.8 Å². The molecule has 4 aromatic rings. The molecule has 0 saturated heterocycles. The summed E-state index contributed by atoms with van der Waals surface area (Å²) in [5.41, 5.74) is 2.02. The van der Waals surface area contributed by atoms with Gasteiger partial charge < -0.3 is 4.74 Å². The molecular formula is C25H31N7O6S2. The minimum absolute atomic E-state index is 0.0601. The first-order valence-electron chi connectivity index (χ1n) is 12.9. The van der Waals surface area contributed by atoms with Crippen molar-refractivity contribution in [3.63, 3.8) is 0 Å². The van der Waals surface area contributed by atoms with Gasteiger partial charge in [-0.05, 0) is 57.7 Å². The predicted molar refractivity (Wildman–Crippen MR) is 146 cm³/mol. The highest BCUT2D eigenvalue weighted by Gasteiger charge is 2.45. The number of carbonyl (C=O) groups excluding carboxylic acids is 1. The predicted octanol–water partition coefficient (Wildman–Crippen LogP) is 2.95. The summed E-state index contributed by atoms with van der Waals surface area (Å²) >= 11 is 0. The van der Waals surface area contributed by atoms with Gasteiger partial charge in [0, 0.05) is 12.1 Å². The van der Waals surface area contributed by atoms with Crippen LogP contribution in [0.25, 0.3) is 16.8 Å². The number of benzene rings is 1. The van der Waals surface area contributed by atoms with Crippen LogP contribution in [0.4, 0.5) is 4.79 Å². The van der Waals surface area contributed by atoms with Gasteiger partial charge in [-0.3, -0.25) is 4.40 Å². The summed E-state index contributed by atoms with van der Waals surface area (Å²) in [5, 5.41) is 14.1. The Bertz CT molecular complexity index is 1800. The zero-order valence-electron chi connectivity index (χ0n) is 22.5. The number of carbonyl (C=O) groups is 1. The molecule has 13 nitrogen and oxygen atoms in total. The molecule has 3 atom stereocenters. The fraction of sp³-hybridized carbons (Fsp3) is 0.440. The molecule has 3 aromatic heterocycles. The van der Waals surface area contributed by atoms with Crippen molar-refractivity contribution in [2.75, 3.05) is 0 Å². The maximum absolute atomic E-state index is 13.5. The second-order valence-electron chi connectivity index (χ2n) is 10.3. The topological polar surface area (TPSA) is 172 Å². The highest BCUT2D eigenvalue weighted by Crippen LogP contribution is 2.44. The normalized spacial score (nSPS) is 20.0. The first kappa shape index (κ1) is 28.0. The van der Waals surface area contributed by atoms with Crippen molar-refractivity contribution < 1.29 is 26.4 Å². The second-order valence-corrected chi connectivity index (χ2v) is 13.6. The minimum Gasteiger partial charge on any atom is -0.446 e. The van der Waals surface area contributed by atoms with Gasteiger partial charge in [-0.1, -0.05) is 31.0 Å². The van der Waals surface area contributed by atoms with Gasteiger partial charge >= 0.3 is 16.3 Å². The van der Waals surface area contributed by atoms with Crippen LogP contribution < -0.4 is 5.14 Å². The summed E-state index contributed by atoms with van der Waals surface area (Å²) < 4.78 is 60.5. The highest BCUT2D eigenvalue weighted by atomic mass is 32.2. The lowest BCUT2D eigenvalue weighted by atomic mass is 9.93. The smallest absolute Gasteiger partial charge is 0.425 e. The lowest BCUT2D eigenvalue weighted by Gasteiger charge is -2.26. The van der Waals surface area contributed by atoms with Crippen molar-refractivity contribution in [3.8, 4) is 0 Å². The standard InChI is InChI=1S/C25H31N7O6S2/c1-5-17-12-18(32(40(26,36)37)25(33)38-15(2)3)13-20(17)23-29-28-22-14-27-24-21(31(22)23)10-11-30(24)39(34,35)19-8-6-16(4)7-9-19/h6-11,14-15,17-18,20H,5,12-13H2,1-4H3,(H2,26,36,37)/t17-,18+,20+/m1/s1. The Labute approximate surface area is 232 Å². The summed E-state index contributed by atoms with van der Waals surface area (Å²) in [6.07, 6.45) is 2.61. The van der Waals surface area contributed by atoms with Crippen molar-refractivity contribution in [2.24, 2.45) is 11.1 Å². The Hall–Kier alpha value is -3.56. The molecule has 40 heavy (non-hydrogen) atoms. The fourth-order valence-corrected chi connectivity index (χ4v) is 7.61. The van der Waals surface area contributed by atoms with E-state index in [0.29, 0.717) is 34.1 Å². The maximum Gasteiger partial charge on any atom is 0.425 e. The zero-order valence-corrected chi connectivity index (χ0v) is 24.1. The molecular weight excluding hydrogens is 558 g/mol. The zero-order chi connectivity index (χ0) is 29.0. The summed E-state index contributed by atoms with van der Waals surface area (Å²) in [5.74, 6) is 0.160. The van der Waals surface area contributed by atoms with Gasteiger partial charge in [0.25, 0.3) is 10.0 Å². The lowest BCUT2D eigenvalue weighted by Crippen LogP contribution is -2.48. The van der Waals surface area contributed by atoms with Gasteiger partial charge in [-0.25, -0.2) is 27.3 Å². The lowest BCUT2D eigenvalue weighted by molar-refractivity contribution is 0.0887. The van der Waals surface area contributed by atoms with E-state index in [-0.39, 0.29) is 28.8 Å². The third-order valence-electron chi connectivity index (χ3n) is 7.29. The van der Waals surface area contributed by atoms with Crippen LogP contribution in [0.5, 0.6) is 0 Å². The number of hydrogen-bond acceptors (Lipinski definition) is 9. The summed E-state index contributed by atoms with van der Waals surface area (Å²) in [7, 11) is -8.33. The first-order chi connectivity index (χ1) is 18.8. The second kappa shape index (κ2) is 10.1. The van der Waals surface area contributed by atoms with E-state index in [1.54, 1.807) is 48.6 Å². The molecule has 1 fully saturated rings. The Morgan fingerprint density at radius 3 is 2.45 bits per heavy atom. The molecule has 3 heterocycles. The van der Waals surface area contributed by atoms with Gasteiger partial charge in [-0.2, -0.15) is 12.7 Å². The highest BCUT2D eigenvalue weighted by molar-refractivity contribution is 7.90. The van der Waals surface area contributed by atoms with Crippen molar-refractivity contribution in [3.05, 3.63) is 54.1 Å². The number of nitrogens with zero attached hydrogens (tertiary/aromatic N) is 6. The monoisotopic (exact) mass is 589 g/mol. The molecule has 1 aliphatic rings. The van der Waals surface area contributed by atoms with Crippen molar-refractivity contribution in [1.82, 2.24) is 27.9 Å². The SMILES string of the molecule is CC[C@@H]1C[C@H](N(C(=O)OC(C)C)S(N)(=O)=O)C[C@@H]1c1nnc2cnc3c(ccn3S(=O)(=O)c3ccc(C)cc3)n12. The van der Waals surface area contributed by atoms with Gasteiger partial charge in [0.1, 0.15) is 5.82 Å². The summed E-state index contributed by atoms with van der Waals surface area (Å²) in [6.45, 7) is 7.09. The molecule has 1 aliphatic carbocycles. The molecule has 0 unspecified atom stereocenters. The number of nitrogens with two attached hydrogens (primary N) is 1. The number of rotatable bonds is 7. The third kappa shape index (κ3) is 4.81. The van der Waals surface area contributed by atoms with Crippen LogP contribution >= 0.6 is 0 Å². The molecule has 2 N–H and O–H groups in total. The van der Waals surface area contributed by atoms with E-state index in [0.717, 1.165) is 9.54 Å². The van der Waals surface area contributed by atoms with Gasteiger partial charge in [0.2, 0.25) is 0 Å². The van der Waals surface area contributed by atoms with Crippen molar-refractivity contribution in [2.45, 2.75) is 69.9 Å². The Morgan fingerprint density at radius 2 is 1.82 bits per heavy atom. The van der Waals surface area contributed by atoms with Crippen LogP contribution in [-0.2, 0) is 25.0 Å². The van der Waals surface area contributed by atoms with Crippen molar-refractivity contribution >= 4 is 43.1 Å². The van der Waals surface area contributed by atoms with E-state index >= 15 is 0 Å². The number of hydrogen-bond donors (Lipinski definition) is 1. The van der Waals surface area contributed by atoms with E-state index in [1.165, 1.54) is 12.4 Å². The number of aryl methyl sites for hydroxylation is 1. The van der Waals surface area contributed by atoms with Gasteiger partial charge in [0.05, 0.1) is 28.8 Å². The molecule has 5 rings (SSSR count). The maximum atomic E-state index is 13.5. The van der Waals surface area contributed by atoms with E-state index in [4.69, 9.17) is 9.88 Å². The van der Waals surface area contributed by atoms with Gasteiger partial charge in [-0.15, -0.1) is 10.2 Å². The van der Waals surface area contributed by atoms with E-state index in [1.807, 2.05) is 13.8 Å². The summed E-state index contributed by atoms with van der Waals surface area (Å²) in [4.78, 5) is 17.2. The molecule has 0 spiro atoms. The minimum atomic E-state index is -4.40. The molecule has 1 amide bonds. The molecule has 0 radical (unpaired) electrons. The van der Waals surface area contributed by atoms with Crippen LogP contribution in [0.1, 0.15) is 57.3 Å². The number of ether oxygens (including phenoxy) is 1. The van der Waals surface area contributed by atoms with E-state index < -0.39 is 38.5 Å². The Kier molecular flexibility index (Phi) is 7.08. The molecule has 1 aromatic carbocycles. The van der Waals surface area contributed by atoms with E-state index in [2.05, 4.69) is 15.2 Å². The van der Waals surface area contributed by atoms with Crippen LogP contribution in [0.2, 0.25) is 0 Å². The van der Waals surface area contributed by atoms with Gasteiger partial charge in [0.15, 0.2) is 11.3 Å². The molecule has 15 heteroatoms. The average molecular weight is 590 g/mol. The molecule has 1 saturated carbocycles. The summed E-state index contributed by atoms with van der Waals surface area (Å²) in [6, 6.07) is 7.44. The molecule has 0 bridgehead atoms. The third-order valence-corrected chi connectivity index (χ3v) is 9.96. The molecule has 0 aliphatic heterocycles. The first-order valence-corrected chi connectivity index (χ1v) is 15.8. The molecule has 214 valence electrons. The van der Waals surface area contributed by atoms with E-state index in [9.17, 15) is 21.6 Å². The number of aromatic nitrogens is 5. The Balaban J connectivity index is 1.58. The largest absolute Gasteiger partial charge is 0.446 e. The number of amides is 1.